The van der Waals surface area contributed by atoms with Crippen molar-refractivity contribution in [2.75, 3.05) is 9.80 Å². The van der Waals surface area contributed by atoms with E-state index in [0.29, 0.717) is 11.5 Å². The minimum atomic E-state index is 0. The number of benzene rings is 5. The van der Waals surface area contributed by atoms with Crippen LogP contribution in [-0.2, 0) is 26.5 Å². The normalized spacial score (nSPS) is 12.8. The van der Waals surface area contributed by atoms with Gasteiger partial charge in [-0.3, -0.25) is 0 Å². The van der Waals surface area contributed by atoms with Crippen molar-refractivity contribution in [2.24, 2.45) is 0 Å². The number of hydrogen-bond donors (Lipinski definition) is 0. The van der Waals surface area contributed by atoms with Gasteiger partial charge in [-0.2, -0.15) is 12.1 Å². The Bertz CT molecular complexity index is 2170. The Hall–Kier alpha value is -4.86. The topological polar surface area (TPSA) is 33.5 Å². The Kier molecular flexibility index (Phi) is 7.66. The maximum atomic E-state index is 6.44. The van der Waals surface area contributed by atoms with Crippen molar-refractivity contribution in [1.29, 1.82) is 0 Å². The molecular formula is C40H31N4OPt-3. The summed E-state index contributed by atoms with van der Waals surface area (Å²) in [6, 6.07) is 48.5. The summed E-state index contributed by atoms with van der Waals surface area (Å²) in [6.07, 6.45) is 1.98. The maximum Gasteiger partial charge on any atom is 0.135 e. The summed E-state index contributed by atoms with van der Waals surface area (Å²) in [5.74, 6) is 2.08. The monoisotopic (exact) mass is 778 g/mol. The predicted octanol–water partition coefficient (Wildman–Crippen LogP) is 10.3. The average Bonchev–Trinajstić information content (AvgIpc) is 3.61. The van der Waals surface area contributed by atoms with E-state index in [4.69, 9.17) is 9.72 Å². The van der Waals surface area contributed by atoms with Gasteiger partial charge < -0.3 is 19.1 Å². The molecule has 7 aromatic rings. The van der Waals surface area contributed by atoms with E-state index in [0.717, 1.165) is 50.4 Å². The van der Waals surface area contributed by atoms with Crippen LogP contribution in [-0.4, -0.2) is 9.55 Å². The molecule has 3 heterocycles. The van der Waals surface area contributed by atoms with Gasteiger partial charge in [0.15, 0.2) is 0 Å². The summed E-state index contributed by atoms with van der Waals surface area (Å²) in [5.41, 5.74) is 7.39. The number of hydrogen-bond acceptors (Lipinski definition) is 4. The first-order valence-electron chi connectivity index (χ1n) is 15.1. The van der Waals surface area contributed by atoms with Crippen molar-refractivity contribution in [3.63, 3.8) is 0 Å². The van der Waals surface area contributed by atoms with Crippen LogP contribution in [0, 0.1) is 18.8 Å². The molecule has 0 fully saturated rings. The molecule has 0 radical (unpaired) electrons. The number of pyridine rings is 1. The van der Waals surface area contributed by atoms with Crippen LogP contribution in [0.2, 0.25) is 0 Å². The predicted molar refractivity (Wildman–Crippen MR) is 183 cm³/mol. The van der Waals surface area contributed by atoms with E-state index in [1.807, 2.05) is 36.5 Å². The first-order valence-corrected chi connectivity index (χ1v) is 15.1. The average molecular weight is 779 g/mol. The van der Waals surface area contributed by atoms with Gasteiger partial charge in [-0.25, -0.2) is 4.98 Å². The second-order valence-corrected chi connectivity index (χ2v) is 12.3. The second kappa shape index (κ2) is 11.8. The summed E-state index contributed by atoms with van der Waals surface area (Å²) >= 11 is 0. The Morgan fingerprint density at radius 2 is 1.37 bits per heavy atom. The minimum Gasteiger partial charge on any atom is -0.509 e. The van der Waals surface area contributed by atoms with Crippen LogP contribution in [0.4, 0.5) is 22.7 Å². The van der Waals surface area contributed by atoms with E-state index < -0.39 is 0 Å². The zero-order chi connectivity index (χ0) is 30.5. The number of para-hydroxylation sites is 4. The third-order valence-electron chi connectivity index (χ3n) is 8.30. The van der Waals surface area contributed by atoms with Crippen molar-refractivity contribution >= 4 is 44.6 Å². The second-order valence-electron chi connectivity index (χ2n) is 12.3. The molecule has 0 saturated carbocycles. The van der Waals surface area contributed by atoms with Crippen LogP contribution in [0.3, 0.4) is 0 Å². The van der Waals surface area contributed by atoms with Crippen LogP contribution in [0.25, 0.3) is 27.6 Å². The Morgan fingerprint density at radius 3 is 2.13 bits per heavy atom. The van der Waals surface area contributed by atoms with Crippen LogP contribution in [0.1, 0.15) is 26.3 Å². The molecule has 5 nitrogen and oxygen atoms in total. The fraction of sp³-hybridized carbons (Fsp3) is 0.100. The summed E-state index contributed by atoms with van der Waals surface area (Å²) < 4.78 is 8.60. The Morgan fingerprint density at radius 1 is 0.652 bits per heavy atom. The molecule has 0 spiro atoms. The summed E-state index contributed by atoms with van der Waals surface area (Å²) in [4.78, 5) is 9.23. The van der Waals surface area contributed by atoms with E-state index in [1.54, 1.807) is 0 Å². The number of ether oxygens (including phenoxy) is 1. The minimum absolute atomic E-state index is 0. The molecular weight excluding hydrogens is 748 g/mol. The van der Waals surface area contributed by atoms with Gasteiger partial charge in [0.2, 0.25) is 0 Å². The maximum absolute atomic E-state index is 6.44. The zero-order valence-corrected chi connectivity index (χ0v) is 28.0. The van der Waals surface area contributed by atoms with Crippen molar-refractivity contribution in [3.05, 3.63) is 152 Å². The Labute approximate surface area is 284 Å². The number of rotatable bonds is 5. The van der Waals surface area contributed by atoms with Crippen LogP contribution in [0.5, 0.6) is 11.5 Å². The van der Waals surface area contributed by atoms with Gasteiger partial charge in [-0.1, -0.05) is 80.9 Å². The molecule has 0 aliphatic carbocycles. The molecule has 46 heavy (non-hydrogen) atoms. The first-order chi connectivity index (χ1) is 21.9. The van der Waals surface area contributed by atoms with Crippen molar-refractivity contribution < 1.29 is 25.8 Å². The Balaban J connectivity index is 0.00000338. The third-order valence-corrected chi connectivity index (χ3v) is 8.30. The molecule has 0 N–H and O–H groups in total. The van der Waals surface area contributed by atoms with Gasteiger partial charge in [-0.15, -0.1) is 48.1 Å². The van der Waals surface area contributed by atoms with E-state index in [-0.39, 0.29) is 26.5 Å². The van der Waals surface area contributed by atoms with E-state index >= 15 is 0 Å². The standard InChI is InChI=1S/C40H31N4O.Pt/c1-40(2,3)28-20-23-39(41-26-28)44-35-17-8-7-16-33(35)34-22-21-32(25-38(34)44)45-31-15-11-14-30(24-31)43-27-42(29-12-5-4-6-13-29)36-18-9-10-19-37(36)43;/h4-23,26-27H,1-3H3;/q-3;. The smallest absolute Gasteiger partial charge is 0.135 e. The van der Waals surface area contributed by atoms with E-state index in [9.17, 15) is 0 Å². The van der Waals surface area contributed by atoms with Gasteiger partial charge in [0.1, 0.15) is 5.82 Å². The van der Waals surface area contributed by atoms with Crippen molar-refractivity contribution in [3.8, 4) is 17.3 Å². The fourth-order valence-corrected chi connectivity index (χ4v) is 5.99. The first kappa shape index (κ1) is 29.8. The molecule has 0 saturated heterocycles. The number of fused-ring (bicyclic) bond motifs is 4. The SMILES string of the molecule is CC(C)(C)c1ccc(-n2c3[c-]c(Oc4[c-]c(N5[CH-]N(c6ccccc6)c6ccccc65)ccc4)ccc3c3ccccc32)nc1.[Pt]. The molecule has 0 bridgehead atoms. The van der Waals surface area contributed by atoms with Gasteiger partial charge in [-0.05, 0) is 52.8 Å². The third kappa shape index (κ3) is 5.25. The summed E-state index contributed by atoms with van der Waals surface area (Å²) in [5, 5.41) is 2.25. The summed E-state index contributed by atoms with van der Waals surface area (Å²) in [6.45, 7) is 8.71. The van der Waals surface area contributed by atoms with Crippen LogP contribution in [0.15, 0.2) is 128 Å². The molecule has 0 amide bonds. The number of aromatic nitrogens is 2. The molecule has 5 aromatic carbocycles. The van der Waals surface area contributed by atoms with Crippen LogP contribution >= 0.6 is 0 Å². The molecule has 0 unspecified atom stereocenters. The molecule has 230 valence electrons. The van der Waals surface area contributed by atoms with Gasteiger partial charge in [0, 0.05) is 61.3 Å². The van der Waals surface area contributed by atoms with Gasteiger partial charge >= 0.3 is 0 Å². The molecule has 1 aliphatic heterocycles. The van der Waals surface area contributed by atoms with Crippen molar-refractivity contribution in [2.45, 2.75) is 26.2 Å². The largest absolute Gasteiger partial charge is 0.509 e. The van der Waals surface area contributed by atoms with Crippen LogP contribution < -0.4 is 14.5 Å². The van der Waals surface area contributed by atoms with Gasteiger partial charge in [0.25, 0.3) is 0 Å². The molecule has 8 rings (SSSR count). The molecule has 2 aromatic heterocycles. The molecule has 1 aliphatic rings. The van der Waals surface area contributed by atoms with E-state index in [2.05, 4.69) is 145 Å². The number of nitrogens with zero attached hydrogens (tertiary/aromatic N) is 4. The quantitative estimate of drug-likeness (QED) is 0.163. The fourth-order valence-electron chi connectivity index (χ4n) is 5.99. The zero-order valence-electron chi connectivity index (χ0n) is 25.7. The summed E-state index contributed by atoms with van der Waals surface area (Å²) in [7, 11) is 0. The molecule has 0 atom stereocenters. The van der Waals surface area contributed by atoms with Crippen molar-refractivity contribution in [1.82, 2.24) is 9.55 Å². The molecule has 6 heteroatoms. The van der Waals surface area contributed by atoms with Gasteiger partial charge in [0.05, 0.1) is 0 Å². The van der Waals surface area contributed by atoms with E-state index in [1.165, 1.54) is 5.56 Å². The number of anilines is 4.